The Balaban J connectivity index is 2.27. The Morgan fingerprint density at radius 2 is 1.79 bits per heavy atom. The number of hydrogen-bond acceptors (Lipinski definition) is 2. The molecule has 0 radical (unpaired) electrons. The first-order valence-corrected chi connectivity index (χ1v) is 9.22. The highest BCUT2D eigenvalue weighted by molar-refractivity contribution is 5.43. The lowest BCUT2D eigenvalue weighted by atomic mass is 9.81. The van der Waals surface area contributed by atoms with E-state index in [1.165, 1.54) is 24.0 Å². The predicted molar refractivity (Wildman–Crippen MR) is 102 cm³/mol. The maximum Gasteiger partial charge on any atom is 0.119 e. The first kappa shape index (κ1) is 18.5. The van der Waals surface area contributed by atoms with Crippen LogP contribution in [-0.2, 0) is 6.42 Å². The molecule has 2 atom stereocenters. The molecule has 130 valence electrons. The van der Waals surface area contributed by atoms with E-state index in [-0.39, 0.29) is 5.92 Å². The van der Waals surface area contributed by atoms with Gasteiger partial charge < -0.3 is 10.8 Å². The molecule has 0 saturated heterocycles. The Hall–Kier alpha value is -1.80. The SMILES string of the molecule is CCc1ccc(O)c(C(CC(C)CCCCN)c2ccccc2)c1. The molecule has 0 aliphatic heterocycles. The highest BCUT2D eigenvalue weighted by atomic mass is 16.3. The van der Waals surface area contributed by atoms with E-state index in [2.05, 4.69) is 44.2 Å². The Bertz CT molecular complexity index is 609. The number of benzene rings is 2. The minimum absolute atomic E-state index is 0.241. The van der Waals surface area contributed by atoms with Gasteiger partial charge >= 0.3 is 0 Å². The number of rotatable bonds is 9. The molecule has 0 heterocycles. The maximum atomic E-state index is 10.5. The molecule has 2 unspecified atom stereocenters. The molecular weight excluding hydrogens is 294 g/mol. The number of nitrogens with two attached hydrogens (primary N) is 1. The highest BCUT2D eigenvalue weighted by Gasteiger charge is 2.20. The molecule has 2 aromatic carbocycles. The van der Waals surface area contributed by atoms with Gasteiger partial charge in [-0.3, -0.25) is 0 Å². The molecule has 0 saturated carbocycles. The molecular formula is C22H31NO. The van der Waals surface area contributed by atoms with Crippen LogP contribution in [0.5, 0.6) is 5.75 Å². The normalized spacial score (nSPS) is 13.6. The Morgan fingerprint density at radius 3 is 2.46 bits per heavy atom. The van der Waals surface area contributed by atoms with E-state index >= 15 is 0 Å². The molecule has 2 aromatic rings. The van der Waals surface area contributed by atoms with Gasteiger partial charge in [-0.1, -0.05) is 69.2 Å². The van der Waals surface area contributed by atoms with Crippen molar-refractivity contribution in [1.82, 2.24) is 0 Å². The Labute approximate surface area is 146 Å². The summed E-state index contributed by atoms with van der Waals surface area (Å²) >= 11 is 0. The predicted octanol–water partition coefficient (Wildman–Crippen LogP) is 5.24. The summed E-state index contributed by atoms with van der Waals surface area (Å²) in [6.07, 6.45) is 5.50. The maximum absolute atomic E-state index is 10.5. The smallest absolute Gasteiger partial charge is 0.119 e. The molecule has 24 heavy (non-hydrogen) atoms. The summed E-state index contributed by atoms with van der Waals surface area (Å²) in [5.74, 6) is 1.26. The van der Waals surface area contributed by atoms with E-state index in [9.17, 15) is 5.11 Å². The number of phenolic OH excluding ortho intramolecular Hbond substituents is 1. The molecule has 0 aliphatic carbocycles. The number of hydrogen-bond donors (Lipinski definition) is 2. The third-order valence-corrected chi connectivity index (χ3v) is 4.87. The van der Waals surface area contributed by atoms with Crippen LogP contribution in [0, 0.1) is 5.92 Å². The van der Waals surface area contributed by atoms with Crippen LogP contribution in [0.1, 0.15) is 62.1 Å². The van der Waals surface area contributed by atoms with Crippen LogP contribution in [0.2, 0.25) is 0 Å². The molecule has 2 nitrogen and oxygen atoms in total. The van der Waals surface area contributed by atoms with Gasteiger partial charge in [0.2, 0.25) is 0 Å². The van der Waals surface area contributed by atoms with Gasteiger partial charge in [0, 0.05) is 11.5 Å². The van der Waals surface area contributed by atoms with Crippen LogP contribution >= 0.6 is 0 Å². The van der Waals surface area contributed by atoms with E-state index in [4.69, 9.17) is 5.73 Å². The van der Waals surface area contributed by atoms with Crippen molar-refractivity contribution >= 4 is 0 Å². The minimum Gasteiger partial charge on any atom is -0.508 e. The zero-order chi connectivity index (χ0) is 17.4. The van der Waals surface area contributed by atoms with Crippen molar-refractivity contribution in [1.29, 1.82) is 0 Å². The second-order valence-corrected chi connectivity index (χ2v) is 6.84. The van der Waals surface area contributed by atoms with Gasteiger partial charge in [0.15, 0.2) is 0 Å². The molecule has 0 aromatic heterocycles. The van der Waals surface area contributed by atoms with E-state index in [1.807, 2.05) is 18.2 Å². The zero-order valence-electron chi connectivity index (χ0n) is 15.0. The lowest BCUT2D eigenvalue weighted by Crippen LogP contribution is -2.09. The molecule has 3 N–H and O–H groups in total. The summed E-state index contributed by atoms with van der Waals surface area (Å²) in [7, 11) is 0. The van der Waals surface area contributed by atoms with Gasteiger partial charge in [0.05, 0.1) is 0 Å². The second-order valence-electron chi connectivity index (χ2n) is 6.84. The fraction of sp³-hybridized carbons (Fsp3) is 0.455. The molecule has 0 bridgehead atoms. The fourth-order valence-corrected chi connectivity index (χ4v) is 3.39. The van der Waals surface area contributed by atoms with Crippen molar-refractivity contribution in [2.24, 2.45) is 11.7 Å². The number of unbranched alkanes of at least 4 members (excludes halogenated alkanes) is 1. The van der Waals surface area contributed by atoms with Gasteiger partial charge in [0.25, 0.3) is 0 Å². The average Bonchev–Trinajstić information content (AvgIpc) is 2.61. The number of phenols is 1. The summed E-state index contributed by atoms with van der Waals surface area (Å²) in [5, 5.41) is 10.5. The van der Waals surface area contributed by atoms with Crippen LogP contribution < -0.4 is 5.73 Å². The standard InChI is InChI=1S/C22H31NO/c1-3-18-12-13-22(24)21(16-18)20(19-10-5-4-6-11-19)15-17(2)9-7-8-14-23/h4-6,10-13,16-17,20,24H,3,7-9,14-15,23H2,1-2H3. The minimum atomic E-state index is 0.241. The summed E-state index contributed by atoms with van der Waals surface area (Å²) in [4.78, 5) is 0. The monoisotopic (exact) mass is 325 g/mol. The van der Waals surface area contributed by atoms with E-state index < -0.39 is 0 Å². The summed E-state index contributed by atoms with van der Waals surface area (Å²) in [6.45, 7) is 5.24. The van der Waals surface area contributed by atoms with Crippen molar-refractivity contribution in [2.45, 2.75) is 51.9 Å². The summed E-state index contributed by atoms with van der Waals surface area (Å²) in [6, 6.07) is 16.6. The molecule has 0 fully saturated rings. The summed E-state index contributed by atoms with van der Waals surface area (Å²) in [5.41, 5.74) is 9.24. The van der Waals surface area contributed by atoms with Crippen LogP contribution in [0.3, 0.4) is 0 Å². The third-order valence-electron chi connectivity index (χ3n) is 4.87. The number of aromatic hydroxyl groups is 1. The van der Waals surface area contributed by atoms with Crippen molar-refractivity contribution in [2.75, 3.05) is 6.54 Å². The second kappa shape index (κ2) is 9.48. The molecule has 2 heteroatoms. The van der Waals surface area contributed by atoms with Crippen molar-refractivity contribution in [3.05, 3.63) is 65.2 Å². The van der Waals surface area contributed by atoms with Gasteiger partial charge in [-0.05, 0) is 48.9 Å². The Kier molecular flexibility index (Phi) is 7.33. The first-order chi connectivity index (χ1) is 11.7. The fourth-order valence-electron chi connectivity index (χ4n) is 3.39. The van der Waals surface area contributed by atoms with Crippen LogP contribution in [0.15, 0.2) is 48.5 Å². The molecule has 0 amide bonds. The van der Waals surface area contributed by atoms with Gasteiger partial charge in [-0.15, -0.1) is 0 Å². The van der Waals surface area contributed by atoms with Crippen molar-refractivity contribution in [3.8, 4) is 5.75 Å². The van der Waals surface area contributed by atoms with Gasteiger partial charge in [-0.2, -0.15) is 0 Å². The summed E-state index contributed by atoms with van der Waals surface area (Å²) < 4.78 is 0. The largest absolute Gasteiger partial charge is 0.508 e. The van der Waals surface area contributed by atoms with Crippen molar-refractivity contribution in [3.63, 3.8) is 0 Å². The van der Waals surface area contributed by atoms with E-state index in [0.717, 1.165) is 31.4 Å². The lowest BCUT2D eigenvalue weighted by molar-refractivity contribution is 0.427. The average molecular weight is 325 g/mol. The van der Waals surface area contributed by atoms with Crippen LogP contribution in [-0.4, -0.2) is 11.7 Å². The van der Waals surface area contributed by atoms with E-state index in [1.54, 1.807) is 0 Å². The molecule has 0 spiro atoms. The first-order valence-electron chi connectivity index (χ1n) is 9.22. The Morgan fingerprint density at radius 1 is 1.04 bits per heavy atom. The zero-order valence-corrected chi connectivity index (χ0v) is 15.0. The van der Waals surface area contributed by atoms with Crippen LogP contribution in [0.4, 0.5) is 0 Å². The van der Waals surface area contributed by atoms with Crippen LogP contribution in [0.25, 0.3) is 0 Å². The van der Waals surface area contributed by atoms with Gasteiger partial charge in [-0.25, -0.2) is 0 Å². The number of aryl methyl sites for hydroxylation is 1. The third kappa shape index (κ3) is 5.10. The van der Waals surface area contributed by atoms with E-state index in [0.29, 0.717) is 11.7 Å². The molecule has 2 rings (SSSR count). The van der Waals surface area contributed by atoms with Crippen molar-refractivity contribution < 1.29 is 5.11 Å². The topological polar surface area (TPSA) is 46.2 Å². The molecule has 0 aliphatic rings. The van der Waals surface area contributed by atoms with Gasteiger partial charge in [0.1, 0.15) is 5.75 Å². The quantitative estimate of drug-likeness (QED) is 0.619. The lowest BCUT2D eigenvalue weighted by Gasteiger charge is -2.23. The highest BCUT2D eigenvalue weighted by Crippen LogP contribution is 2.37.